The molecule has 0 radical (unpaired) electrons. The molecular weight excluding hydrogens is 221 g/mol. The molecule has 1 unspecified atom stereocenters. The third-order valence-electron chi connectivity index (χ3n) is 2.60. The molecule has 1 amide bonds. The molecule has 1 rings (SSSR count). The van der Waals surface area contributed by atoms with E-state index in [9.17, 15) is 18.0 Å². The Balaban J connectivity index is 2.20. The van der Waals surface area contributed by atoms with Gasteiger partial charge in [-0.2, -0.15) is 13.2 Å². The van der Waals surface area contributed by atoms with Crippen molar-refractivity contribution in [1.82, 2.24) is 10.2 Å². The molecular formula is C10H17F3N2O. The van der Waals surface area contributed by atoms with E-state index in [1.165, 1.54) is 6.92 Å². The highest BCUT2D eigenvalue weighted by atomic mass is 19.4. The molecule has 1 fully saturated rings. The van der Waals surface area contributed by atoms with Crippen LogP contribution in [-0.4, -0.2) is 42.7 Å². The van der Waals surface area contributed by atoms with Crippen LogP contribution in [0.2, 0.25) is 0 Å². The molecule has 1 aliphatic heterocycles. The summed E-state index contributed by atoms with van der Waals surface area (Å²) >= 11 is 0. The summed E-state index contributed by atoms with van der Waals surface area (Å²) in [7, 11) is 0. The van der Waals surface area contributed by atoms with Gasteiger partial charge in [0.1, 0.15) is 0 Å². The average Bonchev–Trinajstić information content (AvgIpc) is 2.64. The Bertz CT molecular complexity index is 237. The van der Waals surface area contributed by atoms with Crippen LogP contribution in [0.5, 0.6) is 0 Å². The second-order valence-electron chi connectivity index (χ2n) is 4.19. The fourth-order valence-electron chi connectivity index (χ4n) is 1.76. The zero-order chi connectivity index (χ0) is 12.2. The van der Waals surface area contributed by atoms with E-state index in [1.54, 1.807) is 4.90 Å². The van der Waals surface area contributed by atoms with Crippen molar-refractivity contribution in [3.63, 3.8) is 0 Å². The fraction of sp³-hybridized carbons (Fsp3) is 0.900. The normalized spacial score (nSPS) is 18.9. The van der Waals surface area contributed by atoms with Gasteiger partial charge in [0.25, 0.3) is 0 Å². The Morgan fingerprint density at radius 1 is 1.38 bits per heavy atom. The summed E-state index contributed by atoms with van der Waals surface area (Å²) in [4.78, 5) is 13.2. The third-order valence-corrected chi connectivity index (χ3v) is 2.60. The van der Waals surface area contributed by atoms with E-state index in [0.717, 1.165) is 25.9 Å². The Morgan fingerprint density at radius 2 is 1.94 bits per heavy atom. The number of hydrogen-bond donors (Lipinski definition) is 1. The molecule has 16 heavy (non-hydrogen) atoms. The van der Waals surface area contributed by atoms with Crippen molar-refractivity contribution in [2.24, 2.45) is 0 Å². The summed E-state index contributed by atoms with van der Waals surface area (Å²) in [6.45, 7) is 2.89. The van der Waals surface area contributed by atoms with Gasteiger partial charge >= 0.3 is 6.18 Å². The first-order valence-corrected chi connectivity index (χ1v) is 5.46. The predicted octanol–water partition coefficient (Wildman–Crippen LogP) is 1.54. The largest absolute Gasteiger partial charge is 0.390 e. The summed E-state index contributed by atoms with van der Waals surface area (Å²) < 4.78 is 36.0. The maximum Gasteiger partial charge on any atom is 0.390 e. The highest BCUT2D eigenvalue weighted by molar-refractivity contribution is 5.78. The average molecular weight is 238 g/mol. The van der Waals surface area contributed by atoms with Crippen LogP contribution in [0, 0.1) is 0 Å². The lowest BCUT2D eigenvalue weighted by molar-refractivity contribution is -0.140. The first-order valence-electron chi connectivity index (χ1n) is 5.46. The van der Waals surface area contributed by atoms with Gasteiger partial charge in [-0.3, -0.25) is 4.79 Å². The standard InChI is InChI=1S/C10H17F3N2O/c1-8(6-10(11,12)13)14-7-9(16)15-4-2-3-5-15/h8,14H,2-7H2,1H3. The number of carbonyl (C=O) groups is 1. The monoisotopic (exact) mass is 238 g/mol. The highest BCUT2D eigenvalue weighted by Gasteiger charge is 2.30. The number of carbonyl (C=O) groups excluding carboxylic acids is 1. The van der Waals surface area contributed by atoms with Crippen LogP contribution in [-0.2, 0) is 4.79 Å². The van der Waals surface area contributed by atoms with Crippen molar-refractivity contribution in [3.05, 3.63) is 0 Å². The second-order valence-corrected chi connectivity index (χ2v) is 4.19. The van der Waals surface area contributed by atoms with E-state index in [0.29, 0.717) is 0 Å². The van der Waals surface area contributed by atoms with Crippen molar-refractivity contribution in [3.8, 4) is 0 Å². The molecule has 0 bridgehead atoms. The minimum atomic E-state index is -4.18. The molecule has 1 atom stereocenters. The van der Waals surface area contributed by atoms with Gasteiger partial charge in [0, 0.05) is 19.1 Å². The maximum atomic E-state index is 12.0. The summed E-state index contributed by atoms with van der Waals surface area (Å²) in [5.41, 5.74) is 0. The SMILES string of the molecule is CC(CC(F)(F)F)NCC(=O)N1CCCC1. The first-order chi connectivity index (χ1) is 7.38. The quantitative estimate of drug-likeness (QED) is 0.805. The van der Waals surface area contributed by atoms with Crippen molar-refractivity contribution in [2.75, 3.05) is 19.6 Å². The van der Waals surface area contributed by atoms with Gasteiger partial charge in [-0.1, -0.05) is 0 Å². The second kappa shape index (κ2) is 5.52. The van der Waals surface area contributed by atoms with Crippen LogP contribution < -0.4 is 5.32 Å². The number of rotatable bonds is 4. The van der Waals surface area contributed by atoms with Crippen LogP contribution in [0.25, 0.3) is 0 Å². The van der Waals surface area contributed by atoms with Crippen molar-refractivity contribution in [2.45, 2.75) is 38.4 Å². The zero-order valence-corrected chi connectivity index (χ0v) is 9.31. The van der Waals surface area contributed by atoms with Gasteiger partial charge in [0.2, 0.25) is 5.91 Å². The minimum Gasteiger partial charge on any atom is -0.342 e. The number of hydrogen-bond acceptors (Lipinski definition) is 2. The third kappa shape index (κ3) is 4.83. The van der Waals surface area contributed by atoms with Crippen LogP contribution in [0.3, 0.4) is 0 Å². The van der Waals surface area contributed by atoms with E-state index >= 15 is 0 Å². The lowest BCUT2D eigenvalue weighted by Gasteiger charge is -2.19. The molecule has 0 aromatic carbocycles. The number of nitrogens with one attached hydrogen (secondary N) is 1. The Morgan fingerprint density at radius 3 is 2.44 bits per heavy atom. The lowest BCUT2D eigenvalue weighted by Crippen LogP contribution is -2.40. The van der Waals surface area contributed by atoms with E-state index in [4.69, 9.17) is 0 Å². The fourth-order valence-corrected chi connectivity index (χ4v) is 1.76. The summed E-state index contributed by atoms with van der Waals surface area (Å²) in [5, 5.41) is 2.60. The molecule has 3 nitrogen and oxygen atoms in total. The number of nitrogens with zero attached hydrogens (tertiary/aromatic N) is 1. The van der Waals surface area contributed by atoms with Crippen LogP contribution in [0.1, 0.15) is 26.2 Å². The predicted molar refractivity (Wildman–Crippen MR) is 54.0 cm³/mol. The van der Waals surface area contributed by atoms with Gasteiger partial charge < -0.3 is 10.2 Å². The molecule has 94 valence electrons. The smallest absolute Gasteiger partial charge is 0.342 e. The Labute approximate surface area is 93.0 Å². The Kier molecular flexibility index (Phi) is 4.58. The number of likely N-dealkylation sites (tertiary alicyclic amines) is 1. The zero-order valence-electron chi connectivity index (χ0n) is 9.31. The molecule has 6 heteroatoms. The highest BCUT2D eigenvalue weighted by Crippen LogP contribution is 2.21. The minimum absolute atomic E-state index is 0.00273. The summed E-state index contributed by atoms with van der Waals surface area (Å²) in [5.74, 6) is -0.105. The van der Waals surface area contributed by atoms with Crippen LogP contribution in [0.4, 0.5) is 13.2 Å². The van der Waals surface area contributed by atoms with Crippen LogP contribution in [0.15, 0.2) is 0 Å². The number of alkyl halides is 3. The molecule has 1 aliphatic rings. The molecule has 1 saturated heterocycles. The molecule has 0 aromatic heterocycles. The maximum absolute atomic E-state index is 12.0. The van der Waals surface area contributed by atoms with Crippen LogP contribution >= 0.6 is 0 Å². The molecule has 1 heterocycles. The van der Waals surface area contributed by atoms with Gasteiger partial charge in [0.05, 0.1) is 13.0 Å². The number of amides is 1. The molecule has 0 aliphatic carbocycles. The van der Waals surface area contributed by atoms with Gasteiger partial charge in [-0.15, -0.1) is 0 Å². The lowest BCUT2D eigenvalue weighted by atomic mass is 10.2. The van der Waals surface area contributed by atoms with Gasteiger partial charge in [-0.05, 0) is 19.8 Å². The Hall–Kier alpha value is -0.780. The van der Waals surface area contributed by atoms with E-state index in [-0.39, 0.29) is 12.5 Å². The van der Waals surface area contributed by atoms with E-state index < -0.39 is 18.6 Å². The summed E-state index contributed by atoms with van der Waals surface area (Å²) in [6.07, 6.45) is -3.10. The first kappa shape index (κ1) is 13.3. The molecule has 1 N–H and O–H groups in total. The van der Waals surface area contributed by atoms with Crippen molar-refractivity contribution in [1.29, 1.82) is 0 Å². The summed E-state index contributed by atoms with van der Waals surface area (Å²) in [6, 6.07) is -0.716. The van der Waals surface area contributed by atoms with Gasteiger partial charge in [0.15, 0.2) is 0 Å². The van der Waals surface area contributed by atoms with Crippen molar-refractivity contribution < 1.29 is 18.0 Å². The molecule has 0 spiro atoms. The number of halogens is 3. The van der Waals surface area contributed by atoms with Gasteiger partial charge in [-0.25, -0.2) is 0 Å². The molecule has 0 saturated carbocycles. The topological polar surface area (TPSA) is 32.3 Å². The van der Waals surface area contributed by atoms with E-state index in [1.807, 2.05) is 0 Å². The van der Waals surface area contributed by atoms with Crippen molar-refractivity contribution >= 4 is 5.91 Å². The van der Waals surface area contributed by atoms with E-state index in [2.05, 4.69) is 5.32 Å². The molecule has 0 aromatic rings.